The number of thioether (sulfide) groups is 5. The Balaban J connectivity index is 1.22. The number of hydrogen-bond acceptors (Lipinski definition) is 5. The van der Waals surface area contributed by atoms with Crippen LogP contribution in [-0.2, 0) is 0 Å². The fourth-order valence-corrected chi connectivity index (χ4v) is 8.36. The van der Waals surface area contributed by atoms with Crippen LogP contribution in [0.3, 0.4) is 0 Å². The summed E-state index contributed by atoms with van der Waals surface area (Å²) in [5.41, 5.74) is 0. The fraction of sp³-hybridized carbons (Fsp3) is 1.00. The summed E-state index contributed by atoms with van der Waals surface area (Å²) in [5.74, 6) is 8.54. The van der Waals surface area contributed by atoms with Crippen molar-refractivity contribution in [3.8, 4) is 0 Å². The van der Waals surface area contributed by atoms with Crippen LogP contribution in [0.4, 0.5) is 0 Å². The molecule has 17 heavy (non-hydrogen) atoms. The molecule has 3 saturated heterocycles. The Morgan fingerprint density at radius 3 is 1.53 bits per heavy atom. The molecule has 3 aliphatic rings. The molecule has 0 spiro atoms. The van der Waals surface area contributed by atoms with Gasteiger partial charge in [0.25, 0.3) is 0 Å². The molecule has 0 nitrogen and oxygen atoms in total. The molecule has 0 aromatic heterocycles. The Hall–Kier alpha value is 1.75. The molecule has 5 heteroatoms. The van der Waals surface area contributed by atoms with Gasteiger partial charge in [0.15, 0.2) is 0 Å². The minimum atomic E-state index is 0.977. The van der Waals surface area contributed by atoms with E-state index >= 15 is 0 Å². The van der Waals surface area contributed by atoms with Gasteiger partial charge in [0, 0.05) is 55.5 Å². The van der Waals surface area contributed by atoms with Crippen molar-refractivity contribution in [3.63, 3.8) is 0 Å². The molecule has 0 N–H and O–H groups in total. The van der Waals surface area contributed by atoms with E-state index in [0.717, 1.165) is 21.0 Å². The molecule has 98 valence electrons. The van der Waals surface area contributed by atoms with Crippen molar-refractivity contribution in [2.24, 2.45) is 0 Å². The molecule has 0 saturated carbocycles. The van der Waals surface area contributed by atoms with Crippen molar-refractivity contribution >= 4 is 58.8 Å². The van der Waals surface area contributed by atoms with E-state index < -0.39 is 0 Å². The van der Waals surface area contributed by atoms with Gasteiger partial charge in [0.05, 0.1) is 0 Å². The van der Waals surface area contributed by atoms with Crippen molar-refractivity contribution in [1.29, 1.82) is 0 Å². The first-order valence-corrected chi connectivity index (χ1v) is 11.8. The molecule has 3 heterocycles. The van der Waals surface area contributed by atoms with Gasteiger partial charge in [0.1, 0.15) is 0 Å². The van der Waals surface area contributed by atoms with Gasteiger partial charge in [-0.3, -0.25) is 0 Å². The van der Waals surface area contributed by atoms with Crippen LogP contribution in [0.1, 0.15) is 12.8 Å². The van der Waals surface area contributed by atoms with Gasteiger partial charge in [-0.2, -0.15) is 58.8 Å². The topological polar surface area (TPSA) is 0 Å². The lowest BCUT2D eigenvalue weighted by molar-refractivity contribution is 0.785. The smallest absolute Gasteiger partial charge is 0.0229 e. The second-order valence-corrected chi connectivity index (χ2v) is 11.4. The first-order valence-electron chi connectivity index (χ1n) is 6.44. The van der Waals surface area contributed by atoms with E-state index in [0.29, 0.717) is 0 Å². The van der Waals surface area contributed by atoms with Gasteiger partial charge >= 0.3 is 0 Å². The van der Waals surface area contributed by atoms with E-state index in [1.54, 1.807) is 0 Å². The zero-order valence-corrected chi connectivity index (χ0v) is 14.1. The molecule has 0 aliphatic carbocycles. The van der Waals surface area contributed by atoms with Gasteiger partial charge in [-0.15, -0.1) is 0 Å². The maximum absolute atomic E-state index is 2.30. The molecule has 0 amide bonds. The highest BCUT2D eigenvalue weighted by Crippen LogP contribution is 2.40. The zero-order chi connectivity index (χ0) is 11.5. The second-order valence-electron chi connectivity index (χ2n) is 4.94. The minimum Gasteiger partial charge on any atom is -0.160 e. The molecular formula is C12H20S5. The summed E-state index contributed by atoms with van der Waals surface area (Å²) >= 11 is 11.0. The van der Waals surface area contributed by atoms with Crippen molar-refractivity contribution in [2.45, 2.75) is 33.8 Å². The zero-order valence-electron chi connectivity index (χ0n) is 10.0. The highest BCUT2D eigenvalue weighted by Gasteiger charge is 2.28. The molecular weight excluding hydrogens is 304 g/mol. The molecule has 3 rings (SSSR count). The third kappa shape index (κ3) is 5.33. The summed E-state index contributed by atoms with van der Waals surface area (Å²) in [6, 6.07) is 0. The summed E-state index contributed by atoms with van der Waals surface area (Å²) in [4.78, 5) is 0. The molecule has 0 aromatic carbocycles. The van der Waals surface area contributed by atoms with Gasteiger partial charge in [-0.1, -0.05) is 0 Å². The molecule has 0 bridgehead atoms. The Morgan fingerprint density at radius 2 is 1.12 bits per heavy atom. The normalized spacial score (nSPS) is 39.5. The van der Waals surface area contributed by atoms with Gasteiger partial charge in [-0.05, 0) is 12.8 Å². The van der Waals surface area contributed by atoms with Crippen LogP contribution >= 0.6 is 58.8 Å². The molecule has 3 aliphatic heterocycles. The Kier molecular flexibility index (Phi) is 5.62. The van der Waals surface area contributed by atoms with Gasteiger partial charge < -0.3 is 0 Å². The quantitative estimate of drug-likeness (QED) is 0.618. The summed E-state index contributed by atoms with van der Waals surface area (Å²) < 4.78 is 0. The van der Waals surface area contributed by atoms with E-state index in [1.807, 2.05) is 0 Å². The second kappa shape index (κ2) is 6.96. The summed E-state index contributed by atoms with van der Waals surface area (Å²) in [6.07, 6.45) is 2.97. The van der Waals surface area contributed by atoms with Crippen LogP contribution in [0.2, 0.25) is 0 Å². The first-order chi connectivity index (χ1) is 8.40. The van der Waals surface area contributed by atoms with Crippen molar-refractivity contribution in [3.05, 3.63) is 0 Å². The maximum Gasteiger partial charge on any atom is 0.0229 e. The van der Waals surface area contributed by atoms with Crippen LogP contribution in [0.25, 0.3) is 0 Å². The van der Waals surface area contributed by atoms with Crippen molar-refractivity contribution in [2.75, 3.05) is 34.5 Å². The number of hydrogen-bond donors (Lipinski definition) is 0. The van der Waals surface area contributed by atoms with Crippen LogP contribution in [0, 0.1) is 0 Å². The van der Waals surface area contributed by atoms with E-state index in [1.165, 1.54) is 47.4 Å². The summed E-state index contributed by atoms with van der Waals surface area (Å²) in [5, 5.41) is 4.00. The van der Waals surface area contributed by atoms with Gasteiger partial charge in [-0.25, -0.2) is 0 Å². The monoisotopic (exact) mass is 324 g/mol. The highest BCUT2D eigenvalue weighted by atomic mass is 32.2. The molecule has 4 unspecified atom stereocenters. The lowest BCUT2D eigenvalue weighted by Gasteiger charge is -2.10. The summed E-state index contributed by atoms with van der Waals surface area (Å²) in [7, 11) is 0. The van der Waals surface area contributed by atoms with E-state index in [-0.39, 0.29) is 0 Å². The maximum atomic E-state index is 2.30. The van der Waals surface area contributed by atoms with Crippen molar-refractivity contribution in [1.82, 2.24) is 0 Å². The fourth-order valence-electron chi connectivity index (χ4n) is 2.02. The van der Waals surface area contributed by atoms with E-state index in [2.05, 4.69) is 58.8 Å². The largest absolute Gasteiger partial charge is 0.160 e. The lowest BCUT2D eigenvalue weighted by Crippen LogP contribution is -2.05. The van der Waals surface area contributed by atoms with E-state index in [4.69, 9.17) is 0 Å². The molecule has 4 atom stereocenters. The molecule has 0 radical (unpaired) electrons. The van der Waals surface area contributed by atoms with Gasteiger partial charge in [0.2, 0.25) is 0 Å². The Labute approximate surface area is 126 Å². The third-order valence-corrected chi connectivity index (χ3v) is 10.1. The van der Waals surface area contributed by atoms with Crippen LogP contribution < -0.4 is 0 Å². The van der Waals surface area contributed by atoms with Crippen LogP contribution in [0.15, 0.2) is 0 Å². The standard InChI is InChI=1S/C12H20S5/c1-2-10(4-14-6-12-8-16-12)17-9(1)3-13-5-11-7-15-11/h9-12H,1-8H2. The SMILES string of the molecule is C(SCC1CCC(CSCC2CS2)S1)C1CS1. The van der Waals surface area contributed by atoms with E-state index in [9.17, 15) is 0 Å². The number of rotatable bonds is 8. The van der Waals surface area contributed by atoms with Crippen LogP contribution in [-0.4, -0.2) is 55.5 Å². The third-order valence-electron chi connectivity index (χ3n) is 3.22. The lowest BCUT2D eigenvalue weighted by atomic mass is 10.2. The minimum absolute atomic E-state index is 0.977. The molecule has 0 aromatic rings. The average Bonchev–Trinajstić information content (AvgIpc) is 3.22. The Morgan fingerprint density at radius 1 is 0.706 bits per heavy atom. The highest BCUT2D eigenvalue weighted by molar-refractivity contribution is 8.09. The van der Waals surface area contributed by atoms with Crippen molar-refractivity contribution < 1.29 is 0 Å². The average molecular weight is 325 g/mol. The molecule has 3 fully saturated rings. The predicted molar refractivity (Wildman–Crippen MR) is 91.5 cm³/mol. The first kappa shape index (κ1) is 13.7. The summed E-state index contributed by atoms with van der Waals surface area (Å²) in [6.45, 7) is 0. The van der Waals surface area contributed by atoms with Crippen LogP contribution in [0.5, 0.6) is 0 Å². The predicted octanol–water partition coefficient (Wildman–Crippen LogP) is 3.95. The Bertz CT molecular complexity index is 215.